The van der Waals surface area contributed by atoms with Crippen LogP contribution in [0.3, 0.4) is 0 Å². The zero-order chi connectivity index (χ0) is 21.8. The number of nitrogens with zero attached hydrogens (tertiary/aromatic N) is 3. The normalized spacial score (nSPS) is 13.2. The van der Waals surface area contributed by atoms with E-state index in [0.29, 0.717) is 36.6 Å². The molecule has 2 aromatic carbocycles. The van der Waals surface area contributed by atoms with Gasteiger partial charge in [-0.25, -0.2) is 4.68 Å². The predicted octanol–water partition coefficient (Wildman–Crippen LogP) is 4.67. The Kier molecular flexibility index (Phi) is 6.37. The molecule has 7 heteroatoms. The van der Waals surface area contributed by atoms with Gasteiger partial charge in [0, 0.05) is 35.2 Å². The number of nitrogens with one attached hydrogen (secondary N) is 1. The summed E-state index contributed by atoms with van der Waals surface area (Å²) in [6.45, 7) is 3.77. The van der Waals surface area contributed by atoms with Crippen molar-refractivity contribution in [3.05, 3.63) is 70.7 Å². The molecule has 6 nitrogen and oxygen atoms in total. The van der Waals surface area contributed by atoms with Gasteiger partial charge < -0.3 is 5.32 Å². The average molecular weight is 437 g/mol. The fraction of sp³-hybridized carbons (Fsp3) is 0.292. The maximum absolute atomic E-state index is 12.7. The van der Waals surface area contributed by atoms with Gasteiger partial charge in [0.25, 0.3) is 5.91 Å². The van der Waals surface area contributed by atoms with E-state index in [1.807, 2.05) is 59.3 Å². The highest BCUT2D eigenvalue weighted by atomic mass is 35.5. The first kappa shape index (κ1) is 21.1. The van der Waals surface area contributed by atoms with E-state index in [4.69, 9.17) is 11.6 Å². The molecular formula is C24H25ClN4O2. The van der Waals surface area contributed by atoms with E-state index in [2.05, 4.69) is 17.3 Å². The van der Waals surface area contributed by atoms with Gasteiger partial charge in [-0.15, -0.1) is 0 Å². The molecule has 1 N–H and O–H groups in total. The number of carbonyl (C=O) groups excluding carboxylic acids is 2. The highest BCUT2D eigenvalue weighted by Gasteiger charge is 2.26. The summed E-state index contributed by atoms with van der Waals surface area (Å²) in [6.07, 6.45) is 2.42. The SMILES string of the molecule is CCCCNC(=O)c1ccc(CN2C(=O)CCn3nc(-c4ccc(Cl)cc4)cc32)cc1. The Morgan fingerprint density at radius 1 is 1.13 bits per heavy atom. The number of hydrogen-bond donors (Lipinski definition) is 1. The number of aryl methyl sites for hydroxylation is 1. The van der Waals surface area contributed by atoms with Crippen LogP contribution in [0.1, 0.15) is 42.1 Å². The molecule has 0 aliphatic carbocycles. The predicted molar refractivity (Wildman–Crippen MR) is 122 cm³/mol. The van der Waals surface area contributed by atoms with Crippen LogP contribution < -0.4 is 10.2 Å². The Morgan fingerprint density at radius 3 is 2.58 bits per heavy atom. The Balaban J connectivity index is 1.51. The molecule has 4 rings (SSSR count). The number of benzene rings is 2. The first-order valence-electron chi connectivity index (χ1n) is 10.6. The molecule has 0 unspecified atom stereocenters. The smallest absolute Gasteiger partial charge is 0.251 e. The third-order valence-electron chi connectivity index (χ3n) is 5.39. The van der Waals surface area contributed by atoms with Crippen LogP contribution in [0.5, 0.6) is 0 Å². The maximum Gasteiger partial charge on any atom is 0.251 e. The minimum atomic E-state index is -0.0697. The molecule has 0 spiro atoms. The number of halogens is 1. The molecule has 1 aliphatic rings. The second-order valence-corrected chi connectivity index (χ2v) is 8.09. The lowest BCUT2D eigenvalue weighted by atomic mass is 10.1. The second kappa shape index (κ2) is 9.35. The second-order valence-electron chi connectivity index (χ2n) is 7.65. The van der Waals surface area contributed by atoms with Crippen LogP contribution in [0, 0.1) is 0 Å². The van der Waals surface area contributed by atoms with E-state index < -0.39 is 0 Å². The van der Waals surface area contributed by atoms with Gasteiger partial charge in [0.05, 0.1) is 18.8 Å². The summed E-state index contributed by atoms with van der Waals surface area (Å²) >= 11 is 5.99. The summed E-state index contributed by atoms with van der Waals surface area (Å²) < 4.78 is 1.88. The fourth-order valence-electron chi connectivity index (χ4n) is 3.61. The number of anilines is 1. The average Bonchev–Trinajstić information content (AvgIpc) is 3.21. The van der Waals surface area contributed by atoms with Crippen molar-refractivity contribution in [1.29, 1.82) is 0 Å². The quantitative estimate of drug-likeness (QED) is 0.547. The van der Waals surface area contributed by atoms with Crippen LogP contribution in [-0.2, 0) is 17.9 Å². The molecule has 0 fully saturated rings. The number of fused-ring (bicyclic) bond motifs is 1. The van der Waals surface area contributed by atoms with Gasteiger partial charge >= 0.3 is 0 Å². The van der Waals surface area contributed by atoms with Crippen molar-refractivity contribution in [2.45, 2.75) is 39.3 Å². The standard InChI is InChI=1S/C24H25ClN4O2/c1-2-3-13-26-24(31)19-6-4-17(5-7-19)16-28-22-15-21(18-8-10-20(25)11-9-18)27-29(22)14-12-23(28)30/h4-11,15H,2-3,12-14,16H2,1H3,(H,26,31). The zero-order valence-electron chi connectivity index (χ0n) is 17.5. The fourth-order valence-corrected chi connectivity index (χ4v) is 3.73. The van der Waals surface area contributed by atoms with Crippen molar-refractivity contribution in [3.63, 3.8) is 0 Å². The minimum absolute atomic E-state index is 0.0661. The van der Waals surface area contributed by atoms with Gasteiger partial charge in [0.15, 0.2) is 0 Å². The molecule has 160 valence electrons. The van der Waals surface area contributed by atoms with Crippen molar-refractivity contribution in [2.75, 3.05) is 11.4 Å². The van der Waals surface area contributed by atoms with E-state index in [1.165, 1.54) is 0 Å². The van der Waals surface area contributed by atoms with Crippen LogP contribution in [0.4, 0.5) is 5.82 Å². The number of aromatic nitrogens is 2. The van der Waals surface area contributed by atoms with E-state index in [0.717, 1.165) is 35.5 Å². The summed E-state index contributed by atoms with van der Waals surface area (Å²) in [4.78, 5) is 26.6. The molecular weight excluding hydrogens is 412 g/mol. The lowest BCUT2D eigenvalue weighted by Gasteiger charge is -2.27. The van der Waals surface area contributed by atoms with Gasteiger partial charge in [0.2, 0.25) is 5.91 Å². The Bertz CT molecular complexity index is 1070. The first-order valence-corrected chi connectivity index (χ1v) is 10.9. The van der Waals surface area contributed by atoms with Crippen LogP contribution in [0.25, 0.3) is 11.3 Å². The molecule has 0 saturated carbocycles. The Morgan fingerprint density at radius 2 is 1.87 bits per heavy atom. The molecule has 2 heterocycles. The van der Waals surface area contributed by atoms with Gasteiger partial charge in [-0.1, -0.05) is 49.2 Å². The van der Waals surface area contributed by atoms with E-state index in [9.17, 15) is 9.59 Å². The number of carbonyl (C=O) groups is 2. The van der Waals surface area contributed by atoms with Crippen molar-refractivity contribution in [1.82, 2.24) is 15.1 Å². The summed E-state index contributed by atoms with van der Waals surface area (Å²) in [6, 6.07) is 16.9. The summed E-state index contributed by atoms with van der Waals surface area (Å²) in [7, 11) is 0. The lowest BCUT2D eigenvalue weighted by molar-refractivity contribution is -0.119. The molecule has 0 atom stereocenters. The molecule has 3 aromatic rings. The number of rotatable bonds is 7. The highest BCUT2D eigenvalue weighted by Crippen LogP contribution is 2.29. The van der Waals surface area contributed by atoms with Crippen molar-refractivity contribution >= 4 is 29.2 Å². The van der Waals surface area contributed by atoms with Crippen LogP contribution in [0.15, 0.2) is 54.6 Å². The molecule has 0 radical (unpaired) electrons. The molecule has 31 heavy (non-hydrogen) atoms. The third-order valence-corrected chi connectivity index (χ3v) is 5.64. The van der Waals surface area contributed by atoms with Gasteiger partial charge in [0.1, 0.15) is 5.82 Å². The van der Waals surface area contributed by atoms with Gasteiger partial charge in [-0.2, -0.15) is 5.10 Å². The van der Waals surface area contributed by atoms with Crippen molar-refractivity contribution < 1.29 is 9.59 Å². The van der Waals surface area contributed by atoms with E-state index >= 15 is 0 Å². The lowest BCUT2D eigenvalue weighted by Crippen LogP contribution is -2.36. The third kappa shape index (κ3) is 4.80. The van der Waals surface area contributed by atoms with Crippen LogP contribution >= 0.6 is 11.6 Å². The maximum atomic E-state index is 12.7. The number of unbranched alkanes of at least 4 members (excludes halogenated alkanes) is 1. The Labute approximate surface area is 186 Å². The largest absolute Gasteiger partial charge is 0.352 e. The molecule has 1 aliphatic heterocycles. The van der Waals surface area contributed by atoms with Crippen molar-refractivity contribution in [3.8, 4) is 11.3 Å². The van der Waals surface area contributed by atoms with Gasteiger partial charge in [-0.05, 0) is 36.2 Å². The molecule has 0 saturated heterocycles. The summed E-state index contributed by atoms with van der Waals surface area (Å²) in [5, 5.41) is 8.27. The van der Waals surface area contributed by atoms with Crippen LogP contribution in [0.2, 0.25) is 5.02 Å². The van der Waals surface area contributed by atoms with Gasteiger partial charge in [-0.3, -0.25) is 14.5 Å². The first-order chi connectivity index (χ1) is 15.0. The topological polar surface area (TPSA) is 67.2 Å². The van der Waals surface area contributed by atoms with E-state index in [1.54, 1.807) is 4.90 Å². The minimum Gasteiger partial charge on any atom is -0.352 e. The summed E-state index contributed by atoms with van der Waals surface area (Å²) in [5.74, 6) is 0.777. The molecule has 2 amide bonds. The van der Waals surface area contributed by atoms with Crippen LogP contribution in [-0.4, -0.2) is 28.1 Å². The molecule has 0 bridgehead atoms. The summed E-state index contributed by atoms with van der Waals surface area (Å²) in [5.41, 5.74) is 3.35. The Hall–Kier alpha value is -3.12. The monoisotopic (exact) mass is 436 g/mol. The van der Waals surface area contributed by atoms with E-state index in [-0.39, 0.29) is 11.8 Å². The number of hydrogen-bond acceptors (Lipinski definition) is 3. The highest BCUT2D eigenvalue weighted by molar-refractivity contribution is 6.30. The van der Waals surface area contributed by atoms with Crippen molar-refractivity contribution in [2.24, 2.45) is 0 Å². The molecule has 1 aromatic heterocycles. The zero-order valence-corrected chi connectivity index (χ0v) is 18.2. The number of amides is 2.